The first kappa shape index (κ1) is 18.2. The van der Waals surface area contributed by atoms with Gasteiger partial charge in [-0.05, 0) is 12.1 Å². The van der Waals surface area contributed by atoms with Crippen molar-refractivity contribution in [1.29, 1.82) is 0 Å². The molecule has 2 heterocycles. The zero-order valence-electron chi connectivity index (χ0n) is 13.0. The molecule has 2 aromatic heterocycles. The molecule has 2 rings (SSSR count). The number of amides is 2. The Morgan fingerprint density at radius 3 is 2.72 bits per heavy atom. The van der Waals surface area contributed by atoms with Crippen LogP contribution in [0.2, 0.25) is 0 Å². The lowest BCUT2D eigenvalue weighted by Crippen LogP contribution is -2.33. The number of anilines is 1. The van der Waals surface area contributed by atoms with Crippen LogP contribution in [-0.2, 0) is 11.0 Å². The average Bonchev–Trinajstić information content (AvgIpc) is 3.00. The van der Waals surface area contributed by atoms with E-state index in [1.165, 1.54) is 25.5 Å². The highest BCUT2D eigenvalue weighted by atomic mass is 19.4. The summed E-state index contributed by atoms with van der Waals surface area (Å²) in [5, 5.41) is 14.8. The lowest BCUT2D eigenvalue weighted by atomic mass is 10.2. The summed E-state index contributed by atoms with van der Waals surface area (Å²) < 4.78 is 39.9. The largest absolute Gasteiger partial charge is 0.481 e. The van der Waals surface area contributed by atoms with Crippen LogP contribution in [0, 0.1) is 0 Å². The molecule has 0 aliphatic heterocycles. The van der Waals surface area contributed by atoms with Crippen LogP contribution >= 0.6 is 0 Å². The Bertz CT molecular complexity index is 775. The number of carbonyl (C=O) groups excluding carboxylic acids is 1. The third-order valence-electron chi connectivity index (χ3n) is 3.14. The molecule has 134 valence electrons. The van der Waals surface area contributed by atoms with Crippen molar-refractivity contribution in [1.82, 2.24) is 19.7 Å². The lowest BCUT2D eigenvalue weighted by Gasteiger charge is -2.15. The number of carboxylic acids is 1. The van der Waals surface area contributed by atoms with E-state index >= 15 is 0 Å². The van der Waals surface area contributed by atoms with Gasteiger partial charge in [-0.1, -0.05) is 0 Å². The van der Waals surface area contributed by atoms with E-state index in [9.17, 15) is 22.8 Å². The fourth-order valence-corrected chi connectivity index (χ4v) is 1.88. The van der Waals surface area contributed by atoms with Crippen LogP contribution in [0.5, 0.6) is 0 Å². The van der Waals surface area contributed by atoms with Crippen molar-refractivity contribution in [2.75, 3.05) is 18.9 Å². The summed E-state index contributed by atoms with van der Waals surface area (Å²) in [6.07, 6.45) is -2.41. The molecule has 0 aromatic carbocycles. The molecule has 2 amide bonds. The Morgan fingerprint density at radius 2 is 2.08 bits per heavy atom. The van der Waals surface area contributed by atoms with E-state index in [0.29, 0.717) is 0 Å². The maximum Gasteiger partial charge on any atom is 0.420 e. The van der Waals surface area contributed by atoms with Crippen molar-refractivity contribution in [3.63, 3.8) is 0 Å². The van der Waals surface area contributed by atoms with Crippen molar-refractivity contribution in [3.05, 3.63) is 36.2 Å². The van der Waals surface area contributed by atoms with E-state index in [1.807, 2.05) is 0 Å². The smallest absolute Gasteiger partial charge is 0.420 e. The zero-order valence-corrected chi connectivity index (χ0v) is 13.0. The average molecular weight is 357 g/mol. The first-order chi connectivity index (χ1) is 11.7. The molecular formula is C14H14F3N5O3. The Hall–Kier alpha value is -3.11. The molecule has 8 nitrogen and oxygen atoms in total. The third kappa shape index (κ3) is 4.68. The highest BCUT2D eigenvalue weighted by molar-refractivity contribution is 5.88. The molecule has 25 heavy (non-hydrogen) atoms. The van der Waals surface area contributed by atoms with Crippen molar-refractivity contribution >= 4 is 17.8 Å². The molecule has 0 saturated carbocycles. The van der Waals surface area contributed by atoms with Gasteiger partial charge in [0.1, 0.15) is 5.56 Å². The molecule has 0 fully saturated rings. The van der Waals surface area contributed by atoms with Gasteiger partial charge in [0.05, 0.1) is 6.42 Å². The van der Waals surface area contributed by atoms with Crippen LogP contribution in [-0.4, -0.2) is 50.4 Å². The molecule has 0 aliphatic carbocycles. The number of aliphatic carboxylic acids is 1. The van der Waals surface area contributed by atoms with Crippen LogP contribution < -0.4 is 5.32 Å². The normalized spacial score (nSPS) is 11.2. The van der Waals surface area contributed by atoms with Crippen molar-refractivity contribution in [2.24, 2.45) is 0 Å². The van der Waals surface area contributed by atoms with Gasteiger partial charge in [-0.25, -0.2) is 14.5 Å². The minimum atomic E-state index is -4.60. The maximum atomic E-state index is 13.0. The number of halogens is 3. The number of pyridine rings is 1. The summed E-state index contributed by atoms with van der Waals surface area (Å²) in [6, 6.07) is 2.71. The highest BCUT2D eigenvalue weighted by Crippen LogP contribution is 2.32. The number of aromatic nitrogens is 3. The number of carbonyl (C=O) groups is 2. The summed E-state index contributed by atoms with van der Waals surface area (Å²) in [5.74, 6) is -1.47. The molecule has 0 spiro atoms. The van der Waals surface area contributed by atoms with Crippen molar-refractivity contribution in [2.45, 2.75) is 12.6 Å². The van der Waals surface area contributed by atoms with Gasteiger partial charge < -0.3 is 10.0 Å². The fraction of sp³-hybridized carbons (Fsp3) is 0.286. The Kier molecular flexibility index (Phi) is 5.25. The number of carboxylic acid groups (broad SMARTS) is 1. The van der Waals surface area contributed by atoms with Crippen LogP contribution in [0.3, 0.4) is 0 Å². The van der Waals surface area contributed by atoms with E-state index < -0.39 is 29.6 Å². The second-order valence-electron chi connectivity index (χ2n) is 5.01. The molecule has 0 bridgehead atoms. The summed E-state index contributed by atoms with van der Waals surface area (Å²) in [4.78, 5) is 27.2. The quantitative estimate of drug-likeness (QED) is 0.855. The monoisotopic (exact) mass is 357 g/mol. The van der Waals surface area contributed by atoms with Gasteiger partial charge in [0.15, 0.2) is 11.6 Å². The Morgan fingerprint density at radius 1 is 1.36 bits per heavy atom. The Balaban J connectivity index is 2.13. The number of nitrogens with one attached hydrogen (secondary N) is 1. The highest BCUT2D eigenvalue weighted by Gasteiger charge is 2.34. The van der Waals surface area contributed by atoms with Gasteiger partial charge >= 0.3 is 18.2 Å². The first-order valence-corrected chi connectivity index (χ1v) is 7.00. The second-order valence-corrected chi connectivity index (χ2v) is 5.01. The summed E-state index contributed by atoms with van der Waals surface area (Å²) in [7, 11) is 1.38. The number of rotatable bonds is 5. The molecule has 2 aromatic rings. The number of alkyl halides is 3. The number of hydrogen-bond acceptors (Lipinski definition) is 4. The van der Waals surface area contributed by atoms with Crippen LogP contribution in [0.15, 0.2) is 30.6 Å². The van der Waals surface area contributed by atoms with E-state index in [4.69, 9.17) is 5.11 Å². The standard InChI is InChI=1S/C14H14F3N5O3/c1-21(7-5-11(23)24)13(25)19-10-4-8-22(20-10)12-9(14(15,16)17)3-2-6-18-12/h2-4,6,8H,5,7H2,1H3,(H,23,24)(H,19,20,25). The lowest BCUT2D eigenvalue weighted by molar-refractivity contribution is -0.138. The third-order valence-corrected chi connectivity index (χ3v) is 3.14. The van der Waals surface area contributed by atoms with E-state index in [1.54, 1.807) is 0 Å². The fourth-order valence-electron chi connectivity index (χ4n) is 1.88. The molecule has 2 N–H and O–H groups in total. The molecule has 0 aliphatic rings. The summed E-state index contributed by atoms with van der Waals surface area (Å²) >= 11 is 0. The minimum absolute atomic E-state index is 0.00551. The number of nitrogens with zero attached hydrogens (tertiary/aromatic N) is 4. The zero-order chi connectivity index (χ0) is 18.6. The number of hydrogen-bond donors (Lipinski definition) is 2. The molecule has 0 unspecified atom stereocenters. The van der Waals surface area contributed by atoms with Gasteiger partial charge in [0.25, 0.3) is 0 Å². The molecule has 0 saturated heterocycles. The summed E-state index contributed by atoms with van der Waals surface area (Å²) in [5.41, 5.74) is -0.963. The maximum absolute atomic E-state index is 13.0. The van der Waals surface area contributed by atoms with Crippen molar-refractivity contribution < 1.29 is 27.9 Å². The Labute approximate surface area is 139 Å². The molecule has 0 atom stereocenters. The number of urea groups is 1. The van der Waals surface area contributed by atoms with Crippen LogP contribution in [0.4, 0.5) is 23.8 Å². The van der Waals surface area contributed by atoms with E-state index in [-0.39, 0.29) is 18.8 Å². The summed E-state index contributed by atoms with van der Waals surface area (Å²) in [6.45, 7) is -0.0274. The van der Waals surface area contributed by atoms with Gasteiger partial charge in [-0.3, -0.25) is 10.1 Å². The van der Waals surface area contributed by atoms with Gasteiger partial charge in [0.2, 0.25) is 0 Å². The van der Waals surface area contributed by atoms with Crippen molar-refractivity contribution in [3.8, 4) is 5.82 Å². The second kappa shape index (κ2) is 7.20. The SMILES string of the molecule is CN(CCC(=O)O)C(=O)Nc1ccn(-c2ncccc2C(F)(F)F)n1. The van der Waals surface area contributed by atoms with E-state index in [0.717, 1.165) is 21.7 Å². The topological polar surface area (TPSA) is 100 Å². The van der Waals surface area contributed by atoms with Gasteiger partial charge in [-0.15, -0.1) is 5.10 Å². The van der Waals surface area contributed by atoms with Crippen LogP contribution in [0.25, 0.3) is 5.82 Å². The van der Waals surface area contributed by atoms with Gasteiger partial charge in [-0.2, -0.15) is 13.2 Å². The van der Waals surface area contributed by atoms with Crippen LogP contribution in [0.1, 0.15) is 12.0 Å². The van der Waals surface area contributed by atoms with Gasteiger partial charge in [0, 0.05) is 32.1 Å². The first-order valence-electron chi connectivity index (χ1n) is 7.00. The van der Waals surface area contributed by atoms with E-state index in [2.05, 4.69) is 15.4 Å². The predicted octanol–water partition coefficient (Wildman–Crippen LogP) is 2.22. The predicted molar refractivity (Wildman–Crippen MR) is 80.3 cm³/mol. The molecule has 0 radical (unpaired) electrons. The minimum Gasteiger partial charge on any atom is -0.481 e. The molecule has 11 heteroatoms. The molecular weight excluding hydrogens is 343 g/mol.